The van der Waals surface area contributed by atoms with E-state index in [9.17, 15) is 4.79 Å². The first-order chi connectivity index (χ1) is 8.01. The lowest BCUT2D eigenvalue weighted by atomic mass is 10.1. The lowest BCUT2D eigenvalue weighted by Crippen LogP contribution is -2.38. The normalized spacial score (nSPS) is 12.3. The molecule has 1 atom stereocenters. The van der Waals surface area contributed by atoms with Crippen molar-refractivity contribution in [3.63, 3.8) is 0 Å². The second-order valence-corrected chi connectivity index (χ2v) is 5.26. The van der Waals surface area contributed by atoms with E-state index in [-0.39, 0.29) is 11.9 Å². The zero-order valence-electron chi connectivity index (χ0n) is 10.3. The maximum absolute atomic E-state index is 12.4. The zero-order chi connectivity index (χ0) is 13.0. The lowest BCUT2D eigenvalue weighted by molar-refractivity contribution is 0.0699. The Kier molecular flexibility index (Phi) is 5.47. The molecule has 0 aliphatic rings. The fourth-order valence-corrected chi connectivity index (χ4v) is 2.55. The van der Waals surface area contributed by atoms with Crippen LogP contribution in [0.5, 0.6) is 0 Å². The summed E-state index contributed by atoms with van der Waals surface area (Å²) in [6.07, 6.45) is 0.949. The molecule has 4 heteroatoms. The maximum atomic E-state index is 12.4. The topological polar surface area (TPSA) is 20.3 Å². The summed E-state index contributed by atoms with van der Waals surface area (Å²) < 4.78 is 0.747. The molecule has 1 aromatic rings. The Morgan fingerprint density at radius 1 is 1.47 bits per heavy atom. The quantitative estimate of drug-likeness (QED) is 0.807. The highest BCUT2D eigenvalue weighted by Crippen LogP contribution is 2.23. The maximum Gasteiger partial charge on any atom is 0.255 e. The molecule has 0 radical (unpaired) electrons. The van der Waals surface area contributed by atoms with Gasteiger partial charge in [0.25, 0.3) is 5.91 Å². The van der Waals surface area contributed by atoms with E-state index in [0.29, 0.717) is 17.1 Å². The number of benzene rings is 1. The third-order valence-electron chi connectivity index (χ3n) is 2.89. The van der Waals surface area contributed by atoms with Crippen LogP contribution in [0.1, 0.15) is 37.6 Å². The Balaban J connectivity index is 3.02. The van der Waals surface area contributed by atoms with Gasteiger partial charge in [-0.15, -0.1) is 0 Å². The minimum Gasteiger partial charge on any atom is -0.336 e. The molecule has 17 heavy (non-hydrogen) atoms. The third kappa shape index (κ3) is 3.46. The smallest absolute Gasteiger partial charge is 0.255 e. The monoisotopic (exact) mass is 317 g/mol. The SMILES string of the molecule is CCC(C)N(CC)C(=O)c1ccc(Cl)cc1Br. The van der Waals surface area contributed by atoms with Gasteiger partial charge in [0.1, 0.15) is 0 Å². The molecule has 1 aromatic carbocycles. The van der Waals surface area contributed by atoms with Crippen LogP contribution in [0.25, 0.3) is 0 Å². The molecule has 0 saturated carbocycles. The number of rotatable bonds is 4. The highest BCUT2D eigenvalue weighted by Gasteiger charge is 2.20. The van der Waals surface area contributed by atoms with E-state index in [0.717, 1.165) is 10.9 Å². The Labute approximate surface area is 116 Å². The average Bonchev–Trinajstić information content (AvgIpc) is 2.29. The molecule has 0 spiro atoms. The summed E-state index contributed by atoms with van der Waals surface area (Å²) in [4.78, 5) is 14.2. The molecular weight excluding hydrogens is 302 g/mol. The number of carbonyl (C=O) groups excluding carboxylic acids is 1. The standard InChI is InChI=1S/C13H17BrClNO/c1-4-9(3)16(5-2)13(17)11-7-6-10(15)8-12(11)14/h6-9H,4-5H2,1-3H3. The highest BCUT2D eigenvalue weighted by atomic mass is 79.9. The van der Waals surface area contributed by atoms with E-state index in [1.165, 1.54) is 0 Å². The molecule has 0 aromatic heterocycles. The van der Waals surface area contributed by atoms with Crippen LogP contribution >= 0.6 is 27.5 Å². The van der Waals surface area contributed by atoms with Gasteiger partial charge in [-0.2, -0.15) is 0 Å². The van der Waals surface area contributed by atoms with Crippen molar-refractivity contribution in [2.45, 2.75) is 33.2 Å². The average molecular weight is 319 g/mol. The van der Waals surface area contributed by atoms with Gasteiger partial charge >= 0.3 is 0 Å². The van der Waals surface area contributed by atoms with Crippen LogP contribution in [0, 0.1) is 0 Å². The van der Waals surface area contributed by atoms with Gasteiger partial charge < -0.3 is 4.90 Å². The molecule has 0 N–H and O–H groups in total. The number of amides is 1. The molecule has 0 aliphatic carbocycles. The predicted molar refractivity (Wildman–Crippen MR) is 75.6 cm³/mol. The van der Waals surface area contributed by atoms with Gasteiger partial charge in [-0.05, 0) is 54.4 Å². The van der Waals surface area contributed by atoms with Crippen molar-refractivity contribution in [3.05, 3.63) is 33.3 Å². The largest absolute Gasteiger partial charge is 0.336 e. The molecule has 0 aliphatic heterocycles. The molecule has 0 heterocycles. The zero-order valence-corrected chi connectivity index (χ0v) is 12.7. The van der Waals surface area contributed by atoms with Gasteiger partial charge in [0, 0.05) is 22.1 Å². The van der Waals surface area contributed by atoms with Crippen molar-refractivity contribution < 1.29 is 4.79 Å². The molecule has 94 valence electrons. The molecule has 2 nitrogen and oxygen atoms in total. The fourth-order valence-electron chi connectivity index (χ4n) is 1.69. The van der Waals surface area contributed by atoms with Crippen LogP contribution in [-0.4, -0.2) is 23.4 Å². The van der Waals surface area contributed by atoms with E-state index in [1.54, 1.807) is 18.2 Å². The number of hydrogen-bond donors (Lipinski definition) is 0. The molecule has 1 unspecified atom stereocenters. The number of hydrogen-bond acceptors (Lipinski definition) is 1. The van der Waals surface area contributed by atoms with Crippen LogP contribution in [0.3, 0.4) is 0 Å². The van der Waals surface area contributed by atoms with Gasteiger partial charge in [-0.3, -0.25) is 4.79 Å². The third-order valence-corrected chi connectivity index (χ3v) is 3.78. The van der Waals surface area contributed by atoms with E-state index >= 15 is 0 Å². The Morgan fingerprint density at radius 3 is 2.59 bits per heavy atom. The van der Waals surface area contributed by atoms with E-state index in [4.69, 9.17) is 11.6 Å². The molecule has 0 bridgehead atoms. The first kappa shape index (κ1) is 14.5. The first-order valence-electron chi connectivity index (χ1n) is 5.77. The van der Waals surface area contributed by atoms with Crippen molar-refractivity contribution in [2.24, 2.45) is 0 Å². The number of nitrogens with zero attached hydrogens (tertiary/aromatic N) is 1. The summed E-state index contributed by atoms with van der Waals surface area (Å²) in [5.74, 6) is 0.0467. The van der Waals surface area contributed by atoms with Gasteiger partial charge in [0.2, 0.25) is 0 Å². The summed E-state index contributed by atoms with van der Waals surface area (Å²) in [6, 6.07) is 5.50. The van der Waals surface area contributed by atoms with Crippen molar-refractivity contribution in [2.75, 3.05) is 6.54 Å². The fraction of sp³-hybridized carbons (Fsp3) is 0.462. The first-order valence-corrected chi connectivity index (χ1v) is 6.94. The van der Waals surface area contributed by atoms with Gasteiger partial charge in [-0.1, -0.05) is 18.5 Å². The number of halogens is 2. The Hall–Kier alpha value is -0.540. The minimum atomic E-state index is 0.0467. The van der Waals surface area contributed by atoms with Gasteiger partial charge in [0.05, 0.1) is 5.56 Å². The molecule has 1 amide bonds. The number of carbonyl (C=O) groups is 1. The van der Waals surface area contributed by atoms with E-state index in [2.05, 4.69) is 29.8 Å². The highest BCUT2D eigenvalue weighted by molar-refractivity contribution is 9.10. The summed E-state index contributed by atoms with van der Waals surface area (Å²) in [7, 11) is 0. The van der Waals surface area contributed by atoms with Crippen LogP contribution in [-0.2, 0) is 0 Å². The van der Waals surface area contributed by atoms with Gasteiger partial charge in [-0.25, -0.2) is 0 Å². The Bertz CT molecular complexity index is 408. The molecule has 1 rings (SSSR count). The second kappa shape index (κ2) is 6.41. The lowest BCUT2D eigenvalue weighted by Gasteiger charge is -2.27. The summed E-state index contributed by atoms with van der Waals surface area (Å²) in [5, 5.41) is 0.625. The van der Waals surface area contributed by atoms with Crippen molar-refractivity contribution in [3.8, 4) is 0 Å². The van der Waals surface area contributed by atoms with Crippen LogP contribution < -0.4 is 0 Å². The van der Waals surface area contributed by atoms with E-state index < -0.39 is 0 Å². The summed E-state index contributed by atoms with van der Waals surface area (Å²) in [5.41, 5.74) is 0.663. The van der Waals surface area contributed by atoms with Crippen LogP contribution in [0.4, 0.5) is 0 Å². The second-order valence-electron chi connectivity index (χ2n) is 3.97. The molecular formula is C13H17BrClNO. The molecule has 0 saturated heterocycles. The van der Waals surface area contributed by atoms with Crippen molar-refractivity contribution >= 4 is 33.4 Å². The van der Waals surface area contributed by atoms with Crippen molar-refractivity contribution in [1.29, 1.82) is 0 Å². The summed E-state index contributed by atoms with van der Waals surface area (Å²) >= 11 is 9.25. The summed E-state index contributed by atoms with van der Waals surface area (Å²) in [6.45, 7) is 6.85. The van der Waals surface area contributed by atoms with Crippen molar-refractivity contribution in [1.82, 2.24) is 4.90 Å². The predicted octanol–water partition coefficient (Wildman–Crippen LogP) is 4.36. The van der Waals surface area contributed by atoms with Crippen LogP contribution in [0.15, 0.2) is 22.7 Å². The Morgan fingerprint density at radius 2 is 2.12 bits per heavy atom. The molecule has 0 fully saturated rings. The van der Waals surface area contributed by atoms with Gasteiger partial charge in [0.15, 0.2) is 0 Å². The van der Waals surface area contributed by atoms with Crippen LogP contribution in [0.2, 0.25) is 5.02 Å². The minimum absolute atomic E-state index is 0.0467. The van der Waals surface area contributed by atoms with E-state index in [1.807, 2.05) is 11.8 Å².